The summed E-state index contributed by atoms with van der Waals surface area (Å²) >= 11 is 25.1. The number of hydrogen-bond donors (Lipinski definition) is 2. The fourth-order valence-electron chi connectivity index (χ4n) is 3.86. The largest absolute Gasteiger partial charge is 0.483 e. The lowest BCUT2D eigenvalue weighted by Gasteiger charge is -2.26. The molecule has 37 heavy (non-hydrogen) atoms. The van der Waals surface area contributed by atoms with Gasteiger partial charge in [-0.3, -0.25) is 20.2 Å². The number of urea groups is 1. The van der Waals surface area contributed by atoms with Gasteiger partial charge >= 0.3 is 6.03 Å². The van der Waals surface area contributed by atoms with E-state index in [1.54, 1.807) is 26.0 Å². The summed E-state index contributed by atoms with van der Waals surface area (Å²) in [5.41, 5.74) is -0.194. The molecule has 2 atom stereocenters. The van der Waals surface area contributed by atoms with E-state index in [0.717, 1.165) is 0 Å². The third kappa shape index (κ3) is 5.50. The highest BCUT2D eigenvalue weighted by Crippen LogP contribution is 2.49. The van der Waals surface area contributed by atoms with Crippen LogP contribution in [0.4, 0.5) is 16.2 Å². The van der Waals surface area contributed by atoms with Gasteiger partial charge in [-0.15, -0.1) is 23.2 Å². The van der Waals surface area contributed by atoms with Crippen molar-refractivity contribution >= 4 is 69.7 Å². The van der Waals surface area contributed by atoms with Crippen molar-refractivity contribution in [3.8, 4) is 17.2 Å². The Morgan fingerprint density at radius 2 is 1.86 bits per heavy atom. The molecule has 194 valence electrons. The summed E-state index contributed by atoms with van der Waals surface area (Å²) < 4.78 is 11.8. The standard InChI is InChI=1S/C24H19Cl4N3O6/c1-23(2)11-13-16(31(34)35)6-7-17(19(13)37-23)36-20-14(25)9-12(10-15(20)26)29-22(33)30-21(32)24(28)8-4-3-5-18(24)27/h3-10,18H,11H2,1-2H3,(H2,29,30,32,33). The smallest absolute Gasteiger partial charge is 0.325 e. The predicted molar refractivity (Wildman–Crippen MR) is 142 cm³/mol. The second-order valence-electron chi connectivity index (χ2n) is 8.88. The van der Waals surface area contributed by atoms with E-state index in [2.05, 4.69) is 10.6 Å². The maximum absolute atomic E-state index is 12.5. The number of benzene rings is 2. The van der Waals surface area contributed by atoms with E-state index in [1.165, 1.54) is 36.4 Å². The van der Waals surface area contributed by atoms with Crippen LogP contribution in [0.25, 0.3) is 0 Å². The number of nitro groups is 1. The molecule has 2 aromatic carbocycles. The van der Waals surface area contributed by atoms with Crippen LogP contribution < -0.4 is 20.1 Å². The maximum atomic E-state index is 12.5. The van der Waals surface area contributed by atoms with Crippen molar-refractivity contribution in [2.24, 2.45) is 0 Å². The van der Waals surface area contributed by atoms with Crippen LogP contribution in [0.5, 0.6) is 17.2 Å². The van der Waals surface area contributed by atoms with Crippen LogP contribution in [-0.2, 0) is 11.2 Å². The molecule has 0 saturated carbocycles. The van der Waals surface area contributed by atoms with E-state index in [0.29, 0.717) is 12.0 Å². The van der Waals surface area contributed by atoms with Crippen molar-refractivity contribution in [2.75, 3.05) is 5.32 Å². The molecule has 2 aromatic rings. The molecule has 0 fully saturated rings. The number of anilines is 1. The third-order valence-corrected chi connectivity index (χ3v) is 7.25. The molecule has 0 aromatic heterocycles. The Balaban J connectivity index is 1.52. The van der Waals surface area contributed by atoms with Gasteiger partial charge in [0.1, 0.15) is 5.60 Å². The summed E-state index contributed by atoms with van der Waals surface area (Å²) in [6.07, 6.45) is 6.41. The number of ether oxygens (including phenoxy) is 2. The van der Waals surface area contributed by atoms with Crippen molar-refractivity contribution in [1.82, 2.24) is 5.32 Å². The Morgan fingerprint density at radius 1 is 1.19 bits per heavy atom. The lowest BCUT2D eigenvalue weighted by molar-refractivity contribution is -0.385. The summed E-state index contributed by atoms with van der Waals surface area (Å²) in [5, 5.41) is 15.2. The van der Waals surface area contributed by atoms with E-state index >= 15 is 0 Å². The molecular formula is C24H19Cl4N3O6. The average molecular weight is 587 g/mol. The molecule has 0 radical (unpaired) electrons. The maximum Gasteiger partial charge on any atom is 0.325 e. The number of alkyl halides is 2. The second kappa shape index (κ2) is 10.1. The first-order valence-corrected chi connectivity index (χ1v) is 12.4. The molecule has 1 aliphatic heterocycles. The van der Waals surface area contributed by atoms with Crippen LogP contribution in [0.15, 0.2) is 48.6 Å². The number of allylic oxidation sites excluding steroid dienone is 3. The van der Waals surface area contributed by atoms with Gasteiger partial charge < -0.3 is 14.8 Å². The van der Waals surface area contributed by atoms with Gasteiger partial charge in [0.15, 0.2) is 22.1 Å². The molecule has 1 heterocycles. The van der Waals surface area contributed by atoms with Gasteiger partial charge in [-0.1, -0.05) is 47.5 Å². The molecule has 0 spiro atoms. The van der Waals surface area contributed by atoms with Gasteiger partial charge in [0.2, 0.25) is 0 Å². The number of amides is 3. The van der Waals surface area contributed by atoms with E-state index in [1.807, 2.05) is 0 Å². The molecular weight excluding hydrogens is 568 g/mol. The molecule has 3 amide bonds. The first-order chi connectivity index (χ1) is 17.3. The van der Waals surface area contributed by atoms with Crippen molar-refractivity contribution in [2.45, 2.75) is 36.1 Å². The Hall–Kier alpha value is -2.98. The van der Waals surface area contributed by atoms with Crippen molar-refractivity contribution in [1.29, 1.82) is 0 Å². The van der Waals surface area contributed by atoms with Crippen LogP contribution in [0.1, 0.15) is 19.4 Å². The first-order valence-electron chi connectivity index (χ1n) is 10.8. The Bertz CT molecular complexity index is 1350. The van der Waals surface area contributed by atoms with Crippen LogP contribution in [0.3, 0.4) is 0 Å². The quantitative estimate of drug-likeness (QED) is 0.227. The lowest BCUT2D eigenvalue weighted by Crippen LogP contribution is -2.50. The molecule has 4 rings (SSSR count). The first kappa shape index (κ1) is 27.1. The molecule has 1 aliphatic carbocycles. The van der Waals surface area contributed by atoms with Crippen LogP contribution in [0.2, 0.25) is 10.0 Å². The summed E-state index contributed by atoms with van der Waals surface area (Å²) in [5.74, 6) is -0.361. The summed E-state index contributed by atoms with van der Waals surface area (Å²) in [7, 11) is 0. The average Bonchev–Trinajstić information content (AvgIpc) is 3.13. The van der Waals surface area contributed by atoms with E-state index in [-0.39, 0.29) is 38.7 Å². The number of carbonyl (C=O) groups excluding carboxylic acids is 2. The highest BCUT2D eigenvalue weighted by atomic mass is 35.5. The predicted octanol–water partition coefficient (Wildman–Crippen LogP) is 6.77. The normalized spacial score (nSPS) is 21.1. The van der Waals surface area contributed by atoms with Crippen molar-refractivity contribution in [3.05, 3.63) is 74.3 Å². The van der Waals surface area contributed by atoms with E-state index < -0.39 is 32.7 Å². The molecule has 2 aliphatic rings. The highest BCUT2D eigenvalue weighted by Gasteiger charge is 2.42. The Morgan fingerprint density at radius 3 is 2.49 bits per heavy atom. The summed E-state index contributed by atoms with van der Waals surface area (Å²) in [6, 6.07) is 4.55. The van der Waals surface area contributed by atoms with E-state index in [4.69, 9.17) is 55.9 Å². The molecule has 9 nitrogen and oxygen atoms in total. The third-order valence-electron chi connectivity index (χ3n) is 5.55. The molecule has 0 saturated heterocycles. The summed E-state index contributed by atoms with van der Waals surface area (Å²) in [4.78, 5) is 34.3. The molecule has 2 N–H and O–H groups in total. The van der Waals surface area contributed by atoms with Crippen LogP contribution in [-0.4, -0.2) is 32.7 Å². The number of imide groups is 1. The number of halogens is 4. The minimum Gasteiger partial charge on any atom is -0.483 e. The Kier molecular flexibility index (Phi) is 7.36. The van der Waals surface area contributed by atoms with E-state index in [9.17, 15) is 19.7 Å². The second-order valence-corrected chi connectivity index (χ2v) is 10.8. The zero-order chi connectivity index (χ0) is 27.1. The number of nitrogens with one attached hydrogen (secondary N) is 2. The molecule has 0 bridgehead atoms. The summed E-state index contributed by atoms with van der Waals surface area (Å²) in [6.45, 7) is 3.61. The van der Waals surface area contributed by atoms with Gasteiger partial charge in [0.05, 0.1) is 25.9 Å². The van der Waals surface area contributed by atoms with Crippen molar-refractivity contribution < 1.29 is 24.0 Å². The number of fused-ring (bicyclic) bond motifs is 1. The number of carbonyl (C=O) groups is 2. The van der Waals surface area contributed by atoms with Gasteiger partial charge in [0.25, 0.3) is 11.6 Å². The zero-order valence-corrected chi connectivity index (χ0v) is 22.3. The monoisotopic (exact) mass is 585 g/mol. The van der Waals surface area contributed by atoms with Crippen LogP contribution in [0, 0.1) is 10.1 Å². The van der Waals surface area contributed by atoms with Gasteiger partial charge in [0, 0.05) is 18.2 Å². The number of hydrogen-bond acceptors (Lipinski definition) is 6. The van der Waals surface area contributed by atoms with Gasteiger partial charge in [-0.2, -0.15) is 0 Å². The van der Waals surface area contributed by atoms with Crippen LogP contribution >= 0.6 is 46.4 Å². The fraction of sp³-hybridized carbons (Fsp3) is 0.250. The van der Waals surface area contributed by atoms with Crippen molar-refractivity contribution in [3.63, 3.8) is 0 Å². The number of rotatable bonds is 5. The molecule has 2 unspecified atom stereocenters. The van der Waals surface area contributed by atoms with Gasteiger partial charge in [-0.05, 0) is 32.0 Å². The minimum absolute atomic E-state index is 0.0217. The minimum atomic E-state index is -1.64. The van der Waals surface area contributed by atoms with Gasteiger partial charge in [-0.25, -0.2) is 4.79 Å². The molecule has 13 heteroatoms. The number of nitrogens with zero attached hydrogens (tertiary/aromatic N) is 1. The zero-order valence-electron chi connectivity index (χ0n) is 19.3. The topological polar surface area (TPSA) is 120 Å². The fourth-order valence-corrected chi connectivity index (χ4v) is 4.87. The Labute approximate surface area is 231 Å². The lowest BCUT2D eigenvalue weighted by atomic mass is 9.98. The highest BCUT2D eigenvalue weighted by molar-refractivity contribution is 6.44. The number of nitro benzene ring substituents is 1. The SMILES string of the molecule is CC1(C)Cc2c([N+](=O)[O-])ccc(Oc3c(Cl)cc(NC(=O)NC(=O)C4(Cl)C=CC=CC4Cl)cc3Cl)c2O1.